The SMILES string of the molecule is CCOC(=O)CCN(CC1CC1)C(=O)Cc1coc2cc3c(cc12)CCC3. The highest BCUT2D eigenvalue weighted by Gasteiger charge is 2.28. The quantitative estimate of drug-likeness (QED) is 0.667. The predicted octanol–water partition coefficient (Wildman–Crippen LogP) is 3.66. The molecule has 1 fully saturated rings. The molecule has 1 saturated carbocycles. The van der Waals surface area contributed by atoms with Crippen molar-refractivity contribution in [1.29, 1.82) is 0 Å². The van der Waals surface area contributed by atoms with Gasteiger partial charge in [0.2, 0.25) is 5.91 Å². The normalized spacial score (nSPS) is 15.7. The number of carbonyl (C=O) groups excluding carboxylic acids is 2. The molecule has 5 heteroatoms. The van der Waals surface area contributed by atoms with Crippen molar-refractivity contribution < 1.29 is 18.7 Å². The van der Waals surface area contributed by atoms with Gasteiger partial charge in [-0.1, -0.05) is 0 Å². The van der Waals surface area contributed by atoms with E-state index in [-0.39, 0.29) is 18.3 Å². The Hall–Kier alpha value is -2.30. The molecule has 5 nitrogen and oxygen atoms in total. The number of carbonyl (C=O) groups is 2. The Morgan fingerprint density at radius 1 is 1.22 bits per heavy atom. The molecule has 1 aromatic heterocycles. The maximum absolute atomic E-state index is 13.0. The number of furan rings is 1. The first kappa shape index (κ1) is 18.1. The molecule has 0 spiro atoms. The largest absolute Gasteiger partial charge is 0.466 e. The maximum Gasteiger partial charge on any atom is 0.307 e. The zero-order valence-corrected chi connectivity index (χ0v) is 16.0. The summed E-state index contributed by atoms with van der Waals surface area (Å²) < 4.78 is 10.7. The van der Waals surface area contributed by atoms with Crippen molar-refractivity contribution in [2.24, 2.45) is 5.92 Å². The minimum Gasteiger partial charge on any atom is -0.466 e. The summed E-state index contributed by atoms with van der Waals surface area (Å²) in [6.07, 6.45) is 8.05. The highest BCUT2D eigenvalue weighted by Crippen LogP contribution is 2.32. The van der Waals surface area contributed by atoms with Crippen LogP contribution in [0.25, 0.3) is 11.0 Å². The molecule has 1 aromatic carbocycles. The molecule has 2 aromatic rings. The van der Waals surface area contributed by atoms with E-state index >= 15 is 0 Å². The van der Waals surface area contributed by atoms with Crippen molar-refractivity contribution in [3.63, 3.8) is 0 Å². The maximum atomic E-state index is 13.0. The van der Waals surface area contributed by atoms with E-state index in [1.165, 1.54) is 30.4 Å². The van der Waals surface area contributed by atoms with Gasteiger partial charge < -0.3 is 14.1 Å². The number of esters is 1. The van der Waals surface area contributed by atoms with E-state index in [1.54, 1.807) is 13.2 Å². The van der Waals surface area contributed by atoms with E-state index in [2.05, 4.69) is 12.1 Å². The summed E-state index contributed by atoms with van der Waals surface area (Å²) in [6.45, 7) is 3.34. The van der Waals surface area contributed by atoms with Gasteiger partial charge in [-0.25, -0.2) is 0 Å². The molecule has 2 aliphatic rings. The van der Waals surface area contributed by atoms with Crippen molar-refractivity contribution in [3.05, 3.63) is 35.1 Å². The number of ether oxygens (including phenoxy) is 1. The van der Waals surface area contributed by atoms with Crippen LogP contribution in [-0.2, 0) is 33.6 Å². The van der Waals surface area contributed by atoms with E-state index in [1.807, 2.05) is 4.90 Å². The fraction of sp³-hybridized carbons (Fsp3) is 0.545. The van der Waals surface area contributed by atoms with Gasteiger partial charge in [-0.3, -0.25) is 9.59 Å². The lowest BCUT2D eigenvalue weighted by Crippen LogP contribution is -2.36. The number of rotatable bonds is 8. The fourth-order valence-corrected chi connectivity index (χ4v) is 3.95. The average molecular weight is 369 g/mol. The molecular formula is C22H27NO4. The van der Waals surface area contributed by atoms with E-state index in [4.69, 9.17) is 9.15 Å². The van der Waals surface area contributed by atoms with Crippen LogP contribution in [0, 0.1) is 5.92 Å². The molecule has 0 unspecified atom stereocenters. The van der Waals surface area contributed by atoms with Crippen molar-refractivity contribution in [1.82, 2.24) is 4.90 Å². The molecule has 4 rings (SSSR count). The van der Waals surface area contributed by atoms with Crippen LogP contribution in [0.1, 0.15) is 49.3 Å². The monoisotopic (exact) mass is 369 g/mol. The van der Waals surface area contributed by atoms with Crippen molar-refractivity contribution in [2.75, 3.05) is 19.7 Å². The molecule has 1 amide bonds. The zero-order chi connectivity index (χ0) is 18.8. The first-order chi connectivity index (χ1) is 13.1. The molecule has 144 valence electrons. The lowest BCUT2D eigenvalue weighted by molar-refractivity contribution is -0.144. The summed E-state index contributed by atoms with van der Waals surface area (Å²) in [6, 6.07) is 4.34. The van der Waals surface area contributed by atoms with Crippen LogP contribution >= 0.6 is 0 Å². The van der Waals surface area contributed by atoms with Gasteiger partial charge in [0.05, 0.1) is 25.7 Å². The van der Waals surface area contributed by atoms with Gasteiger partial charge in [0.25, 0.3) is 0 Å². The average Bonchev–Trinajstić information content (AvgIpc) is 3.22. The van der Waals surface area contributed by atoms with Crippen molar-refractivity contribution >= 4 is 22.8 Å². The van der Waals surface area contributed by atoms with Crippen molar-refractivity contribution in [2.45, 2.75) is 51.9 Å². The number of benzene rings is 1. The van der Waals surface area contributed by atoms with Gasteiger partial charge >= 0.3 is 5.97 Å². The highest BCUT2D eigenvalue weighted by molar-refractivity contribution is 5.89. The molecule has 0 saturated heterocycles. The Labute approximate surface area is 159 Å². The van der Waals surface area contributed by atoms with Crippen LogP contribution in [-0.4, -0.2) is 36.5 Å². The number of fused-ring (bicyclic) bond motifs is 2. The predicted molar refractivity (Wildman–Crippen MR) is 102 cm³/mol. The second-order valence-corrected chi connectivity index (χ2v) is 7.75. The first-order valence-corrected chi connectivity index (χ1v) is 10.1. The summed E-state index contributed by atoms with van der Waals surface area (Å²) in [4.78, 5) is 26.5. The van der Waals surface area contributed by atoms with E-state index in [0.717, 1.165) is 35.9 Å². The summed E-state index contributed by atoms with van der Waals surface area (Å²) in [5.74, 6) is 0.408. The Morgan fingerprint density at radius 2 is 2.00 bits per heavy atom. The van der Waals surface area contributed by atoms with Crippen LogP contribution in [0.5, 0.6) is 0 Å². The minimum absolute atomic E-state index is 0.0643. The second kappa shape index (κ2) is 7.75. The smallest absolute Gasteiger partial charge is 0.307 e. The van der Waals surface area contributed by atoms with Gasteiger partial charge in [0.1, 0.15) is 5.58 Å². The van der Waals surface area contributed by atoms with E-state index in [9.17, 15) is 9.59 Å². The molecule has 1 heterocycles. The summed E-state index contributed by atoms with van der Waals surface area (Å²) in [7, 11) is 0. The van der Waals surface area contributed by atoms with Gasteiger partial charge in [0.15, 0.2) is 0 Å². The van der Waals surface area contributed by atoms with Gasteiger partial charge in [-0.2, -0.15) is 0 Å². The molecule has 2 aliphatic carbocycles. The molecule has 0 atom stereocenters. The molecule has 0 N–H and O–H groups in total. The van der Waals surface area contributed by atoms with Gasteiger partial charge in [-0.15, -0.1) is 0 Å². The standard InChI is InChI=1S/C22H27NO4/c1-2-26-22(25)8-9-23(13-15-6-7-15)21(24)12-18-14-27-20-11-17-5-3-4-16(17)10-19(18)20/h10-11,14-15H,2-9,12-13H2,1H3. The third-order valence-corrected chi connectivity index (χ3v) is 5.63. The number of hydrogen-bond donors (Lipinski definition) is 0. The number of nitrogens with zero attached hydrogens (tertiary/aromatic N) is 1. The minimum atomic E-state index is -0.240. The van der Waals surface area contributed by atoms with Crippen LogP contribution in [0.15, 0.2) is 22.8 Å². The van der Waals surface area contributed by atoms with Crippen LogP contribution < -0.4 is 0 Å². The van der Waals surface area contributed by atoms with E-state index < -0.39 is 0 Å². The lowest BCUT2D eigenvalue weighted by atomic mass is 10.0. The Bertz CT molecular complexity index is 849. The molecule has 0 aliphatic heterocycles. The molecular weight excluding hydrogens is 342 g/mol. The molecule has 27 heavy (non-hydrogen) atoms. The van der Waals surface area contributed by atoms with Gasteiger partial charge in [-0.05, 0) is 68.2 Å². The Kier molecular flexibility index (Phi) is 5.19. The summed E-state index contributed by atoms with van der Waals surface area (Å²) in [5, 5.41) is 1.06. The Balaban J connectivity index is 1.46. The van der Waals surface area contributed by atoms with E-state index in [0.29, 0.717) is 25.5 Å². The molecule has 0 bridgehead atoms. The summed E-state index contributed by atoms with van der Waals surface area (Å²) >= 11 is 0. The number of hydrogen-bond acceptors (Lipinski definition) is 4. The lowest BCUT2D eigenvalue weighted by Gasteiger charge is -2.22. The summed E-state index contributed by atoms with van der Waals surface area (Å²) in [5.41, 5.74) is 4.58. The van der Waals surface area contributed by atoms with Crippen LogP contribution in [0.4, 0.5) is 0 Å². The van der Waals surface area contributed by atoms with Gasteiger partial charge in [0, 0.05) is 24.0 Å². The first-order valence-electron chi connectivity index (χ1n) is 10.1. The molecule has 0 radical (unpaired) electrons. The number of aryl methyl sites for hydroxylation is 2. The zero-order valence-electron chi connectivity index (χ0n) is 16.0. The Morgan fingerprint density at radius 3 is 2.74 bits per heavy atom. The van der Waals surface area contributed by atoms with Crippen LogP contribution in [0.3, 0.4) is 0 Å². The third kappa shape index (κ3) is 4.18. The topological polar surface area (TPSA) is 59.8 Å². The van der Waals surface area contributed by atoms with Crippen molar-refractivity contribution in [3.8, 4) is 0 Å². The fourth-order valence-electron chi connectivity index (χ4n) is 3.95. The van der Waals surface area contributed by atoms with Crippen LogP contribution in [0.2, 0.25) is 0 Å². The highest BCUT2D eigenvalue weighted by atomic mass is 16.5. The number of amides is 1. The second-order valence-electron chi connectivity index (χ2n) is 7.75. The third-order valence-electron chi connectivity index (χ3n) is 5.63.